The summed E-state index contributed by atoms with van der Waals surface area (Å²) in [5.74, 6) is 1.20. The van der Waals surface area contributed by atoms with E-state index in [1.807, 2.05) is 0 Å². The molecule has 0 heterocycles. The number of hydrogen-bond acceptors (Lipinski definition) is 5. The van der Waals surface area contributed by atoms with E-state index in [-0.39, 0.29) is 12.4 Å². The lowest BCUT2D eigenvalue weighted by atomic mass is 10.1. The summed E-state index contributed by atoms with van der Waals surface area (Å²) in [5, 5.41) is 0. The molecule has 0 N–H and O–H groups in total. The zero-order valence-corrected chi connectivity index (χ0v) is 13.5. The molecule has 5 nitrogen and oxygen atoms in total. The van der Waals surface area contributed by atoms with E-state index in [1.54, 1.807) is 62.6 Å². The van der Waals surface area contributed by atoms with E-state index in [0.717, 1.165) is 11.8 Å². The van der Waals surface area contributed by atoms with E-state index in [1.165, 1.54) is 6.08 Å². The van der Waals surface area contributed by atoms with Crippen LogP contribution in [0.4, 0.5) is 0 Å². The predicted octanol–water partition coefficient (Wildman–Crippen LogP) is 3.79. The fourth-order valence-corrected chi connectivity index (χ4v) is 1.90. The van der Waals surface area contributed by atoms with Gasteiger partial charge in [-0.05, 0) is 61.5 Å². The average molecular weight is 326 g/mol. The second kappa shape index (κ2) is 8.53. The molecule has 2 aromatic rings. The van der Waals surface area contributed by atoms with Crippen LogP contribution >= 0.6 is 0 Å². The molecule has 0 fully saturated rings. The summed E-state index contributed by atoms with van der Waals surface area (Å²) < 4.78 is 15.5. The maximum absolute atomic E-state index is 11.9. The summed E-state index contributed by atoms with van der Waals surface area (Å²) in [5.41, 5.74) is 0.456. The van der Waals surface area contributed by atoms with Crippen LogP contribution in [0, 0.1) is 0 Å². The summed E-state index contributed by atoms with van der Waals surface area (Å²) in [4.78, 5) is 23.1. The molecule has 24 heavy (non-hydrogen) atoms. The molecule has 0 amide bonds. The first kappa shape index (κ1) is 17.3. The molecule has 0 atom stereocenters. The van der Waals surface area contributed by atoms with Crippen molar-refractivity contribution in [3.63, 3.8) is 0 Å². The van der Waals surface area contributed by atoms with Crippen molar-refractivity contribution in [3.05, 3.63) is 66.2 Å². The molecule has 0 unspecified atom stereocenters. The molecule has 0 aliphatic rings. The standard InChI is InChI=1S/C19H18O5/c1-3-23-19(21)13-12-18(20)14-4-6-16(7-5-14)24-17-10-8-15(22-2)9-11-17/h4-13H,3H2,1-2H3. The Kier molecular flexibility index (Phi) is 6.14. The van der Waals surface area contributed by atoms with Gasteiger partial charge in [-0.1, -0.05) is 0 Å². The maximum atomic E-state index is 11.9. The Morgan fingerprint density at radius 1 is 0.875 bits per heavy atom. The number of hydrogen-bond donors (Lipinski definition) is 0. The van der Waals surface area contributed by atoms with Crippen LogP contribution in [-0.4, -0.2) is 25.5 Å². The number of ketones is 1. The molecule has 5 heteroatoms. The highest BCUT2D eigenvalue weighted by Crippen LogP contribution is 2.24. The van der Waals surface area contributed by atoms with Crippen LogP contribution in [0.1, 0.15) is 17.3 Å². The zero-order chi connectivity index (χ0) is 17.4. The van der Waals surface area contributed by atoms with Crippen molar-refractivity contribution in [3.8, 4) is 17.2 Å². The van der Waals surface area contributed by atoms with Gasteiger partial charge in [-0.3, -0.25) is 4.79 Å². The van der Waals surface area contributed by atoms with Crippen LogP contribution in [0.25, 0.3) is 0 Å². The van der Waals surface area contributed by atoms with Gasteiger partial charge in [0.15, 0.2) is 5.78 Å². The molecule has 0 spiro atoms. The fraction of sp³-hybridized carbons (Fsp3) is 0.158. The number of esters is 1. The normalized spacial score (nSPS) is 10.4. The number of carbonyl (C=O) groups is 2. The Hall–Kier alpha value is -3.08. The Bertz CT molecular complexity index is 714. The highest BCUT2D eigenvalue weighted by atomic mass is 16.5. The minimum atomic E-state index is -0.537. The smallest absolute Gasteiger partial charge is 0.330 e. The molecule has 0 saturated carbocycles. The molecule has 2 rings (SSSR count). The van der Waals surface area contributed by atoms with Crippen molar-refractivity contribution in [2.45, 2.75) is 6.92 Å². The van der Waals surface area contributed by atoms with Gasteiger partial charge in [0, 0.05) is 11.6 Å². The number of benzene rings is 2. The third-order valence-corrected chi connectivity index (χ3v) is 3.09. The number of methoxy groups -OCH3 is 1. The molecule has 0 radical (unpaired) electrons. The number of rotatable bonds is 7. The van der Waals surface area contributed by atoms with Gasteiger partial charge in [0.25, 0.3) is 0 Å². The van der Waals surface area contributed by atoms with Crippen molar-refractivity contribution in [1.29, 1.82) is 0 Å². The number of allylic oxidation sites excluding steroid dienone is 1. The lowest BCUT2D eigenvalue weighted by Gasteiger charge is -2.07. The Morgan fingerprint density at radius 3 is 1.96 bits per heavy atom. The van der Waals surface area contributed by atoms with Crippen LogP contribution in [-0.2, 0) is 9.53 Å². The summed E-state index contributed by atoms with van der Waals surface area (Å²) >= 11 is 0. The Labute approximate surface area is 140 Å². The highest BCUT2D eigenvalue weighted by Gasteiger charge is 2.04. The second-order valence-electron chi connectivity index (χ2n) is 4.75. The predicted molar refractivity (Wildman–Crippen MR) is 89.6 cm³/mol. The van der Waals surface area contributed by atoms with Crippen LogP contribution in [0.2, 0.25) is 0 Å². The summed E-state index contributed by atoms with van der Waals surface area (Å²) in [6.45, 7) is 1.98. The van der Waals surface area contributed by atoms with Gasteiger partial charge in [0.1, 0.15) is 17.2 Å². The maximum Gasteiger partial charge on any atom is 0.330 e. The lowest BCUT2D eigenvalue weighted by molar-refractivity contribution is -0.137. The first-order valence-electron chi connectivity index (χ1n) is 7.43. The molecule has 0 aromatic heterocycles. The topological polar surface area (TPSA) is 61.8 Å². The lowest BCUT2D eigenvalue weighted by Crippen LogP contribution is -2.01. The monoisotopic (exact) mass is 326 g/mol. The number of ether oxygens (including phenoxy) is 3. The SMILES string of the molecule is CCOC(=O)C=CC(=O)c1ccc(Oc2ccc(OC)cc2)cc1. The molecule has 0 bridgehead atoms. The van der Waals surface area contributed by atoms with Crippen LogP contribution in [0.15, 0.2) is 60.7 Å². The first-order valence-corrected chi connectivity index (χ1v) is 7.43. The molecule has 0 aliphatic carbocycles. The van der Waals surface area contributed by atoms with E-state index in [0.29, 0.717) is 17.1 Å². The fourth-order valence-electron chi connectivity index (χ4n) is 1.90. The van der Waals surface area contributed by atoms with Crippen molar-refractivity contribution < 1.29 is 23.8 Å². The third kappa shape index (κ3) is 4.98. The quantitative estimate of drug-likeness (QED) is 0.440. The van der Waals surface area contributed by atoms with Gasteiger partial charge >= 0.3 is 5.97 Å². The van der Waals surface area contributed by atoms with Crippen molar-refractivity contribution in [2.75, 3.05) is 13.7 Å². The summed E-state index contributed by atoms with van der Waals surface area (Å²) in [6, 6.07) is 13.8. The molecule has 0 saturated heterocycles. The van der Waals surface area contributed by atoms with Gasteiger partial charge < -0.3 is 14.2 Å². The molecular formula is C19H18O5. The molecule has 2 aromatic carbocycles. The Balaban J connectivity index is 1.99. The summed E-state index contributed by atoms with van der Waals surface area (Å²) in [7, 11) is 1.60. The van der Waals surface area contributed by atoms with E-state index in [4.69, 9.17) is 14.2 Å². The van der Waals surface area contributed by atoms with E-state index >= 15 is 0 Å². The van der Waals surface area contributed by atoms with E-state index in [2.05, 4.69) is 0 Å². The van der Waals surface area contributed by atoms with Gasteiger partial charge in [-0.2, -0.15) is 0 Å². The van der Waals surface area contributed by atoms with Gasteiger partial charge in [0.2, 0.25) is 0 Å². The second-order valence-corrected chi connectivity index (χ2v) is 4.75. The van der Waals surface area contributed by atoms with Gasteiger partial charge in [0.05, 0.1) is 13.7 Å². The van der Waals surface area contributed by atoms with Crippen LogP contribution in [0.3, 0.4) is 0 Å². The Morgan fingerprint density at radius 2 is 1.42 bits per heavy atom. The number of carbonyl (C=O) groups excluding carboxylic acids is 2. The van der Waals surface area contributed by atoms with Crippen molar-refractivity contribution >= 4 is 11.8 Å². The van der Waals surface area contributed by atoms with E-state index < -0.39 is 5.97 Å². The van der Waals surface area contributed by atoms with Gasteiger partial charge in [-0.25, -0.2) is 4.79 Å². The minimum Gasteiger partial charge on any atom is -0.497 e. The molecular weight excluding hydrogens is 308 g/mol. The zero-order valence-electron chi connectivity index (χ0n) is 13.5. The van der Waals surface area contributed by atoms with Crippen molar-refractivity contribution in [1.82, 2.24) is 0 Å². The van der Waals surface area contributed by atoms with Crippen molar-refractivity contribution in [2.24, 2.45) is 0 Å². The largest absolute Gasteiger partial charge is 0.497 e. The third-order valence-electron chi connectivity index (χ3n) is 3.09. The highest BCUT2D eigenvalue weighted by molar-refractivity contribution is 6.07. The summed E-state index contributed by atoms with van der Waals surface area (Å²) in [6.07, 6.45) is 2.31. The first-order chi connectivity index (χ1) is 11.6. The van der Waals surface area contributed by atoms with Gasteiger partial charge in [-0.15, -0.1) is 0 Å². The molecule has 124 valence electrons. The van der Waals surface area contributed by atoms with E-state index in [9.17, 15) is 9.59 Å². The minimum absolute atomic E-state index is 0.273. The van der Waals surface area contributed by atoms with Crippen LogP contribution in [0.5, 0.6) is 17.2 Å². The average Bonchev–Trinajstić information content (AvgIpc) is 2.61. The molecule has 0 aliphatic heterocycles. The van der Waals surface area contributed by atoms with Crippen LogP contribution < -0.4 is 9.47 Å².